The number of amides is 1. The summed E-state index contributed by atoms with van der Waals surface area (Å²) in [5.74, 6) is 0.652. The highest BCUT2D eigenvalue weighted by atomic mass is 35.5. The van der Waals surface area contributed by atoms with Crippen molar-refractivity contribution < 1.29 is 4.79 Å². The molecule has 1 aromatic heterocycles. The first kappa shape index (κ1) is 15.6. The minimum absolute atomic E-state index is 0.128. The number of carbonyl (C=O) groups is 1. The van der Waals surface area contributed by atoms with E-state index in [0.29, 0.717) is 11.6 Å². The van der Waals surface area contributed by atoms with Crippen LogP contribution in [0.15, 0.2) is 59.8 Å². The van der Waals surface area contributed by atoms with Crippen LogP contribution in [0, 0.1) is 0 Å². The maximum absolute atomic E-state index is 11.7. The first-order valence-corrected chi connectivity index (χ1v) is 7.86. The van der Waals surface area contributed by atoms with Crippen molar-refractivity contribution in [2.24, 2.45) is 0 Å². The number of hydrogen-bond donors (Lipinski definition) is 1. The molecule has 108 valence electrons. The monoisotopic (exact) mass is 318 g/mol. The zero-order valence-corrected chi connectivity index (χ0v) is 12.9. The van der Waals surface area contributed by atoms with Gasteiger partial charge in [-0.25, -0.2) is 4.98 Å². The topological polar surface area (TPSA) is 42.0 Å². The molecule has 2 aromatic rings. The summed E-state index contributed by atoms with van der Waals surface area (Å²) in [5.41, 5.74) is 0.831. The van der Waals surface area contributed by atoms with Crippen LogP contribution in [0.5, 0.6) is 0 Å². The number of benzene rings is 1. The van der Waals surface area contributed by atoms with Crippen molar-refractivity contribution in [3.63, 3.8) is 0 Å². The summed E-state index contributed by atoms with van der Waals surface area (Å²) >= 11 is 7.62. The van der Waals surface area contributed by atoms with Crippen LogP contribution in [-0.4, -0.2) is 23.2 Å². The third-order valence-corrected chi connectivity index (χ3v) is 3.90. The number of hydrogen-bond acceptors (Lipinski definition) is 3. The smallest absolute Gasteiger partial charge is 0.244 e. The predicted molar refractivity (Wildman–Crippen MR) is 88.5 cm³/mol. The maximum atomic E-state index is 11.7. The van der Waals surface area contributed by atoms with Gasteiger partial charge in [-0.1, -0.05) is 35.9 Å². The van der Waals surface area contributed by atoms with Crippen LogP contribution in [0.2, 0.25) is 5.02 Å². The molecule has 0 saturated carbocycles. The molecule has 0 aliphatic rings. The predicted octanol–water partition coefficient (Wildman–Crippen LogP) is 3.66. The van der Waals surface area contributed by atoms with E-state index in [9.17, 15) is 4.79 Å². The van der Waals surface area contributed by atoms with Crippen LogP contribution in [0.3, 0.4) is 0 Å². The Morgan fingerprint density at radius 3 is 2.81 bits per heavy atom. The third kappa shape index (κ3) is 5.61. The van der Waals surface area contributed by atoms with Gasteiger partial charge in [0.05, 0.1) is 5.03 Å². The zero-order valence-electron chi connectivity index (χ0n) is 11.3. The Labute approximate surface area is 133 Å². The largest absolute Gasteiger partial charge is 0.352 e. The molecule has 0 spiro atoms. The van der Waals surface area contributed by atoms with E-state index in [1.165, 1.54) is 6.08 Å². The quantitative estimate of drug-likeness (QED) is 0.502. The lowest BCUT2D eigenvalue weighted by molar-refractivity contribution is -0.116. The second-order valence-corrected chi connectivity index (χ2v) is 5.68. The Morgan fingerprint density at radius 1 is 1.24 bits per heavy atom. The maximum Gasteiger partial charge on any atom is 0.244 e. The summed E-state index contributed by atoms with van der Waals surface area (Å²) in [6, 6.07) is 13.2. The Balaban J connectivity index is 1.72. The van der Waals surface area contributed by atoms with E-state index >= 15 is 0 Å². The van der Waals surface area contributed by atoms with Crippen LogP contribution in [0.25, 0.3) is 6.08 Å². The summed E-state index contributed by atoms with van der Waals surface area (Å²) in [6.45, 7) is 0.590. The van der Waals surface area contributed by atoms with E-state index in [1.807, 2.05) is 36.4 Å². The van der Waals surface area contributed by atoms with Crippen LogP contribution in [-0.2, 0) is 4.79 Å². The fourth-order valence-electron chi connectivity index (χ4n) is 1.60. The van der Waals surface area contributed by atoms with Crippen molar-refractivity contribution in [1.82, 2.24) is 10.3 Å². The molecule has 0 radical (unpaired) electrons. The highest BCUT2D eigenvalue weighted by molar-refractivity contribution is 7.99. The van der Waals surface area contributed by atoms with Crippen LogP contribution in [0.4, 0.5) is 0 Å². The standard InChI is InChI=1S/C16H15ClN2OS/c17-14-6-2-1-5-13(14)8-9-15(20)18-11-12-21-16-7-3-4-10-19-16/h1-10H,11-12H2,(H,18,20)/b9-8+. The average molecular weight is 319 g/mol. The minimum Gasteiger partial charge on any atom is -0.352 e. The Bertz CT molecular complexity index is 617. The van der Waals surface area contributed by atoms with E-state index in [4.69, 9.17) is 11.6 Å². The summed E-state index contributed by atoms with van der Waals surface area (Å²) in [5, 5.41) is 4.41. The Morgan fingerprint density at radius 2 is 2.05 bits per heavy atom. The van der Waals surface area contributed by atoms with E-state index in [1.54, 1.807) is 30.1 Å². The van der Waals surface area contributed by atoms with Crippen molar-refractivity contribution in [2.75, 3.05) is 12.3 Å². The van der Waals surface area contributed by atoms with Crippen molar-refractivity contribution in [3.8, 4) is 0 Å². The van der Waals surface area contributed by atoms with Crippen LogP contribution in [0.1, 0.15) is 5.56 Å². The lowest BCUT2D eigenvalue weighted by atomic mass is 10.2. The molecule has 0 bridgehead atoms. The van der Waals surface area contributed by atoms with Crippen molar-refractivity contribution >= 4 is 35.3 Å². The van der Waals surface area contributed by atoms with E-state index in [-0.39, 0.29) is 5.91 Å². The molecule has 0 aliphatic carbocycles. The van der Waals surface area contributed by atoms with Gasteiger partial charge in [0.2, 0.25) is 5.91 Å². The first-order valence-electron chi connectivity index (χ1n) is 6.50. The first-order chi connectivity index (χ1) is 10.3. The summed E-state index contributed by atoms with van der Waals surface area (Å²) in [6.07, 6.45) is 4.96. The molecule has 0 saturated heterocycles. The SMILES string of the molecule is O=C(/C=C/c1ccccc1Cl)NCCSc1ccccn1. The third-order valence-electron chi connectivity index (χ3n) is 2.61. The van der Waals surface area contributed by atoms with Gasteiger partial charge in [0.1, 0.15) is 0 Å². The van der Waals surface area contributed by atoms with Crippen molar-refractivity contribution in [1.29, 1.82) is 0 Å². The van der Waals surface area contributed by atoms with Gasteiger partial charge >= 0.3 is 0 Å². The van der Waals surface area contributed by atoms with Crippen LogP contribution < -0.4 is 5.32 Å². The molecular weight excluding hydrogens is 304 g/mol. The Hall–Kier alpha value is -1.78. The second-order valence-electron chi connectivity index (χ2n) is 4.16. The fourth-order valence-corrected chi connectivity index (χ4v) is 2.52. The molecule has 1 N–H and O–H groups in total. The minimum atomic E-state index is -0.128. The molecule has 1 heterocycles. The van der Waals surface area contributed by atoms with Gasteiger partial charge in [-0.15, -0.1) is 11.8 Å². The number of thioether (sulfide) groups is 1. The lowest BCUT2D eigenvalue weighted by Gasteiger charge is -2.02. The van der Waals surface area contributed by atoms with Gasteiger partial charge < -0.3 is 5.32 Å². The Kier molecular flexibility index (Phi) is 6.31. The lowest BCUT2D eigenvalue weighted by Crippen LogP contribution is -2.23. The number of halogens is 1. The van der Waals surface area contributed by atoms with Gasteiger partial charge in [0.15, 0.2) is 0 Å². The summed E-state index contributed by atoms with van der Waals surface area (Å²) < 4.78 is 0. The molecule has 5 heteroatoms. The number of pyridine rings is 1. The number of nitrogens with one attached hydrogen (secondary N) is 1. The van der Waals surface area contributed by atoms with Gasteiger partial charge in [0, 0.05) is 29.6 Å². The van der Waals surface area contributed by atoms with Gasteiger partial charge in [-0.05, 0) is 29.8 Å². The van der Waals surface area contributed by atoms with Gasteiger partial charge in [0.25, 0.3) is 0 Å². The summed E-state index contributed by atoms with van der Waals surface area (Å²) in [4.78, 5) is 15.9. The molecule has 0 aliphatic heterocycles. The molecule has 0 fully saturated rings. The van der Waals surface area contributed by atoms with E-state index in [2.05, 4.69) is 10.3 Å². The molecular formula is C16H15ClN2OS. The van der Waals surface area contributed by atoms with Crippen LogP contribution >= 0.6 is 23.4 Å². The molecule has 3 nitrogen and oxygen atoms in total. The molecule has 1 aromatic carbocycles. The van der Waals surface area contributed by atoms with Crippen molar-refractivity contribution in [2.45, 2.75) is 5.03 Å². The number of nitrogens with zero attached hydrogens (tertiary/aromatic N) is 1. The number of rotatable bonds is 6. The number of carbonyl (C=O) groups excluding carboxylic acids is 1. The highest BCUT2D eigenvalue weighted by Gasteiger charge is 1.98. The summed E-state index contributed by atoms with van der Waals surface area (Å²) in [7, 11) is 0. The normalized spacial score (nSPS) is 10.7. The van der Waals surface area contributed by atoms with Gasteiger partial charge in [-0.3, -0.25) is 4.79 Å². The molecule has 21 heavy (non-hydrogen) atoms. The van der Waals surface area contributed by atoms with Crippen molar-refractivity contribution in [3.05, 3.63) is 65.3 Å². The highest BCUT2D eigenvalue weighted by Crippen LogP contribution is 2.16. The molecule has 0 unspecified atom stereocenters. The molecule has 2 rings (SSSR count). The second kappa shape index (κ2) is 8.49. The zero-order chi connectivity index (χ0) is 14.9. The van der Waals surface area contributed by atoms with E-state index in [0.717, 1.165) is 16.3 Å². The average Bonchev–Trinajstić information content (AvgIpc) is 2.52. The molecule has 1 amide bonds. The van der Waals surface area contributed by atoms with E-state index < -0.39 is 0 Å². The number of aromatic nitrogens is 1. The molecule has 0 atom stereocenters. The van der Waals surface area contributed by atoms with Gasteiger partial charge in [-0.2, -0.15) is 0 Å². The fraction of sp³-hybridized carbons (Fsp3) is 0.125.